The van der Waals surface area contributed by atoms with Gasteiger partial charge in [-0.05, 0) is 62.3 Å². The Labute approximate surface area is 170 Å². The molecule has 1 saturated heterocycles. The molecule has 1 heterocycles. The molecule has 1 aliphatic heterocycles. The molecule has 0 radical (unpaired) electrons. The van der Waals surface area contributed by atoms with Crippen LogP contribution in [0.2, 0.25) is 16.4 Å². The van der Waals surface area contributed by atoms with Crippen molar-refractivity contribution in [2.24, 2.45) is 11.7 Å². The number of benzene rings is 1. The van der Waals surface area contributed by atoms with E-state index in [0.717, 1.165) is 62.3 Å². The third-order valence-electron chi connectivity index (χ3n) is 4.90. The van der Waals surface area contributed by atoms with Crippen molar-refractivity contribution in [3.63, 3.8) is 0 Å². The van der Waals surface area contributed by atoms with Gasteiger partial charge in [0.25, 0.3) is 0 Å². The maximum Gasteiger partial charge on any atom is 0.451 e. The molecular formula is C18H27BCl2N2O4. The van der Waals surface area contributed by atoms with Crippen LogP contribution in [0.5, 0.6) is 0 Å². The van der Waals surface area contributed by atoms with Crippen LogP contribution in [0.15, 0.2) is 18.2 Å². The first-order chi connectivity index (χ1) is 12.9. The molecule has 6 nitrogen and oxygen atoms in total. The van der Waals surface area contributed by atoms with Crippen LogP contribution in [0.3, 0.4) is 0 Å². The SMILES string of the molecule is NC(CCCCB(O)O)C1CCN(Cc2ccc(Cl)cc2Cl)CC1.O=C=O. The number of halogens is 2. The fourth-order valence-electron chi connectivity index (χ4n) is 3.37. The molecule has 9 heteroatoms. The number of nitrogens with zero attached hydrogens (tertiary/aromatic N) is 1. The van der Waals surface area contributed by atoms with Crippen LogP contribution in [0.1, 0.15) is 37.7 Å². The second-order valence-corrected chi connectivity index (χ2v) is 7.71. The van der Waals surface area contributed by atoms with Crippen LogP contribution in [0, 0.1) is 5.92 Å². The first-order valence-electron chi connectivity index (χ1n) is 9.14. The monoisotopic (exact) mass is 416 g/mol. The number of likely N-dealkylation sites (tertiary alicyclic amines) is 1. The van der Waals surface area contributed by atoms with Gasteiger partial charge in [-0.25, -0.2) is 0 Å². The standard InChI is InChI=1S/C17H27BCl2N2O2.CO2/c19-15-5-4-14(16(20)11-15)12-22-9-6-13(7-10-22)17(21)3-1-2-8-18(23)24;2-1-3/h4-5,11,13,17,23-24H,1-3,6-10,12,21H2;. The maximum atomic E-state index is 8.85. The predicted octanol–water partition coefficient (Wildman–Crippen LogP) is 2.59. The Balaban J connectivity index is 0.00000114. The van der Waals surface area contributed by atoms with E-state index < -0.39 is 7.12 Å². The van der Waals surface area contributed by atoms with Gasteiger partial charge in [0.15, 0.2) is 0 Å². The van der Waals surface area contributed by atoms with Gasteiger partial charge in [-0.2, -0.15) is 9.59 Å². The summed E-state index contributed by atoms with van der Waals surface area (Å²) in [4.78, 5) is 18.7. The molecular weight excluding hydrogens is 390 g/mol. The van der Waals surface area contributed by atoms with E-state index in [9.17, 15) is 0 Å². The molecule has 27 heavy (non-hydrogen) atoms. The fourth-order valence-corrected chi connectivity index (χ4v) is 3.84. The Bertz CT molecular complexity index is 593. The highest BCUT2D eigenvalue weighted by molar-refractivity contribution is 6.40. The first kappa shape index (κ1) is 24.1. The number of hydrogen-bond acceptors (Lipinski definition) is 6. The molecule has 1 fully saturated rings. The molecule has 0 bridgehead atoms. The van der Waals surface area contributed by atoms with E-state index in [1.165, 1.54) is 0 Å². The third-order valence-corrected chi connectivity index (χ3v) is 5.48. The Morgan fingerprint density at radius 1 is 1.22 bits per heavy atom. The molecule has 1 atom stereocenters. The highest BCUT2D eigenvalue weighted by Crippen LogP contribution is 2.26. The Morgan fingerprint density at radius 3 is 2.41 bits per heavy atom. The van der Waals surface area contributed by atoms with E-state index >= 15 is 0 Å². The average molecular weight is 417 g/mol. The van der Waals surface area contributed by atoms with Crippen LogP contribution < -0.4 is 5.73 Å². The lowest BCUT2D eigenvalue weighted by molar-refractivity contribution is -0.191. The van der Waals surface area contributed by atoms with E-state index in [1.54, 1.807) is 6.07 Å². The van der Waals surface area contributed by atoms with Crippen molar-refractivity contribution in [3.8, 4) is 0 Å². The van der Waals surface area contributed by atoms with Crippen molar-refractivity contribution in [2.45, 2.75) is 51.0 Å². The summed E-state index contributed by atoms with van der Waals surface area (Å²) in [6.45, 7) is 2.92. The van der Waals surface area contributed by atoms with Crippen molar-refractivity contribution in [3.05, 3.63) is 33.8 Å². The topological polar surface area (TPSA) is 104 Å². The molecule has 0 aromatic heterocycles. The molecule has 1 aromatic rings. The Morgan fingerprint density at radius 2 is 1.85 bits per heavy atom. The lowest BCUT2D eigenvalue weighted by atomic mass is 9.82. The summed E-state index contributed by atoms with van der Waals surface area (Å²) in [7, 11) is -1.19. The van der Waals surface area contributed by atoms with Gasteiger partial charge in [0, 0.05) is 22.6 Å². The van der Waals surface area contributed by atoms with Gasteiger partial charge < -0.3 is 15.8 Å². The van der Waals surface area contributed by atoms with E-state index in [2.05, 4.69) is 4.90 Å². The molecule has 1 unspecified atom stereocenters. The highest BCUT2D eigenvalue weighted by Gasteiger charge is 2.24. The third kappa shape index (κ3) is 9.72. The average Bonchev–Trinajstić information content (AvgIpc) is 2.62. The highest BCUT2D eigenvalue weighted by atomic mass is 35.5. The Hall–Kier alpha value is -0.915. The summed E-state index contributed by atoms with van der Waals surface area (Å²) in [6.07, 6.45) is 5.63. The molecule has 2 rings (SSSR count). The number of hydrogen-bond donors (Lipinski definition) is 3. The van der Waals surface area contributed by atoms with Crippen LogP contribution >= 0.6 is 23.2 Å². The zero-order valence-electron chi connectivity index (χ0n) is 15.3. The van der Waals surface area contributed by atoms with Gasteiger partial charge in [-0.3, -0.25) is 4.90 Å². The summed E-state index contributed by atoms with van der Waals surface area (Å²) in [5.41, 5.74) is 7.44. The van der Waals surface area contributed by atoms with E-state index in [4.69, 9.17) is 48.6 Å². The minimum atomic E-state index is -1.19. The van der Waals surface area contributed by atoms with Gasteiger partial charge in [-0.15, -0.1) is 0 Å². The van der Waals surface area contributed by atoms with E-state index in [1.807, 2.05) is 12.1 Å². The van der Waals surface area contributed by atoms with Crippen LogP contribution in [0.25, 0.3) is 0 Å². The summed E-state index contributed by atoms with van der Waals surface area (Å²) in [6, 6.07) is 5.89. The minimum Gasteiger partial charge on any atom is -0.427 e. The quantitative estimate of drug-likeness (QED) is 0.444. The second kappa shape index (κ2) is 13.3. The first-order valence-corrected chi connectivity index (χ1v) is 9.90. The molecule has 0 amide bonds. The fraction of sp³-hybridized carbons (Fsp3) is 0.611. The zero-order chi connectivity index (χ0) is 20.2. The molecule has 4 N–H and O–H groups in total. The molecule has 150 valence electrons. The van der Waals surface area contributed by atoms with Crippen molar-refractivity contribution < 1.29 is 19.6 Å². The number of nitrogens with two attached hydrogens (primary N) is 1. The minimum absolute atomic E-state index is 0.210. The summed E-state index contributed by atoms with van der Waals surface area (Å²) < 4.78 is 0. The molecule has 1 aliphatic rings. The number of unbranched alkanes of at least 4 members (excludes halogenated alkanes) is 1. The summed E-state index contributed by atoms with van der Waals surface area (Å²) >= 11 is 12.2. The largest absolute Gasteiger partial charge is 0.451 e. The van der Waals surface area contributed by atoms with E-state index in [-0.39, 0.29) is 12.2 Å². The maximum absolute atomic E-state index is 8.85. The molecule has 0 saturated carbocycles. The van der Waals surface area contributed by atoms with Gasteiger partial charge in [0.05, 0.1) is 0 Å². The lowest BCUT2D eigenvalue weighted by Crippen LogP contribution is -2.40. The van der Waals surface area contributed by atoms with Crippen molar-refractivity contribution in [1.29, 1.82) is 0 Å². The number of piperidine rings is 1. The van der Waals surface area contributed by atoms with E-state index in [0.29, 0.717) is 17.3 Å². The molecule has 0 aliphatic carbocycles. The zero-order valence-corrected chi connectivity index (χ0v) is 16.8. The normalized spacial score (nSPS) is 16.2. The summed E-state index contributed by atoms with van der Waals surface area (Å²) in [5, 5.41) is 19.1. The predicted molar refractivity (Wildman–Crippen MR) is 106 cm³/mol. The lowest BCUT2D eigenvalue weighted by Gasteiger charge is -2.35. The van der Waals surface area contributed by atoms with Gasteiger partial charge in [0.1, 0.15) is 0 Å². The van der Waals surface area contributed by atoms with Crippen LogP contribution in [-0.2, 0) is 16.1 Å². The second-order valence-electron chi connectivity index (χ2n) is 6.86. The van der Waals surface area contributed by atoms with Crippen molar-refractivity contribution >= 4 is 36.5 Å². The van der Waals surface area contributed by atoms with Gasteiger partial charge in [-0.1, -0.05) is 42.1 Å². The number of rotatable bonds is 8. The molecule has 1 aromatic carbocycles. The Kier molecular flexibility index (Phi) is 11.9. The van der Waals surface area contributed by atoms with Crippen LogP contribution in [-0.4, -0.2) is 47.3 Å². The van der Waals surface area contributed by atoms with Crippen molar-refractivity contribution in [1.82, 2.24) is 4.90 Å². The van der Waals surface area contributed by atoms with Crippen molar-refractivity contribution in [2.75, 3.05) is 13.1 Å². The van der Waals surface area contributed by atoms with Gasteiger partial charge in [0.2, 0.25) is 0 Å². The summed E-state index contributed by atoms with van der Waals surface area (Å²) in [5.74, 6) is 0.556. The van der Waals surface area contributed by atoms with Crippen LogP contribution in [0.4, 0.5) is 0 Å². The smallest absolute Gasteiger partial charge is 0.427 e. The molecule has 0 spiro atoms. The number of carbonyl (C=O) groups excluding carboxylic acids is 2. The van der Waals surface area contributed by atoms with Gasteiger partial charge >= 0.3 is 13.3 Å².